The molecule has 1 fully saturated rings. The van der Waals surface area contributed by atoms with E-state index in [0.29, 0.717) is 0 Å². The van der Waals surface area contributed by atoms with Gasteiger partial charge in [0.05, 0.1) is 0 Å². The predicted molar refractivity (Wildman–Crippen MR) is 63.9 cm³/mol. The molecule has 1 aliphatic rings. The van der Waals surface area contributed by atoms with Crippen LogP contribution in [0.2, 0.25) is 0 Å². The van der Waals surface area contributed by atoms with Crippen LogP contribution in [0.5, 0.6) is 0 Å². The van der Waals surface area contributed by atoms with Gasteiger partial charge in [0.15, 0.2) is 0 Å². The quantitative estimate of drug-likeness (QED) is 0.686. The van der Waals surface area contributed by atoms with E-state index in [1.165, 1.54) is 32.1 Å². The van der Waals surface area contributed by atoms with Crippen molar-refractivity contribution in [2.75, 3.05) is 13.1 Å². The molecule has 0 bridgehead atoms. The van der Waals surface area contributed by atoms with Crippen LogP contribution < -0.4 is 6.15 Å². The zero-order chi connectivity index (χ0) is 9.52. The lowest BCUT2D eigenvalue weighted by molar-refractivity contribution is 0.189. The highest BCUT2D eigenvalue weighted by atomic mass is 15.1. The van der Waals surface area contributed by atoms with Gasteiger partial charge in [-0.15, -0.1) is 13.2 Å². The maximum Gasteiger partial charge on any atom is 0.0166 e. The van der Waals surface area contributed by atoms with Crippen molar-refractivity contribution >= 4 is 0 Å². The molecule has 0 aromatic carbocycles. The van der Waals surface area contributed by atoms with Crippen molar-refractivity contribution < 1.29 is 0 Å². The van der Waals surface area contributed by atoms with E-state index in [0.717, 1.165) is 19.1 Å². The summed E-state index contributed by atoms with van der Waals surface area (Å²) < 4.78 is 0. The second kappa shape index (κ2) is 7.77. The highest BCUT2D eigenvalue weighted by Gasteiger charge is 2.18. The summed E-state index contributed by atoms with van der Waals surface area (Å²) in [6, 6.07) is 0.782. The average molecular weight is 196 g/mol. The molecule has 0 aromatic heterocycles. The van der Waals surface area contributed by atoms with Crippen LogP contribution in [-0.4, -0.2) is 24.0 Å². The van der Waals surface area contributed by atoms with Crippen molar-refractivity contribution in [1.82, 2.24) is 11.1 Å². The molecule has 0 heterocycles. The molecule has 82 valence electrons. The first-order valence-electron chi connectivity index (χ1n) is 5.34. The van der Waals surface area contributed by atoms with E-state index in [4.69, 9.17) is 0 Å². The Labute approximate surface area is 88.3 Å². The maximum absolute atomic E-state index is 3.80. The Balaban J connectivity index is 0.00000169. The SMILES string of the molecule is C=CCN(CC=C)C1CCCCC1.N. The van der Waals surface area contributed by atoms with Gasteiger partial charge in [0.1, 0.15) is 0 Å². The molecule has 2 nitrogen and oxygen atoms in total. The van der Waals surface area contributed by atoms with Crippen molar-refractivity contribution in [3.05, 3.63) is 25.3 Å². The molecule has 0 aromatic rings. The third-order valence-corrected chi connectivity index (χ3v) is 2.82. The van der Waals surface area contributed by atoms with Crippen LogP contribution in [0.25, 0.3) is 0 Å². The second-order valence-corrected chi connectivity index (χ2v) is 3.82. The first kappa shape index (κ1) is 13.4. The Kier molecular flexibility index (Phi) is 7.44. The van der Waals surface area contributed by atoms with Gasteiger partial charge >= 0.3 is 0 Å². The first-order valence-corrected chi connectivity index (χ1v) is 5.34. The van der Waals surface area contributed by atoms with E-state index in [-0.39, 0.29) is 6.15 Å². The molecule has 1 saturated carbocycles. The third-order valence-electron chi connectivity index (χ3n) is 2.82. The van der Waals surface area contributed by atoms with Gasteiger partial charge in [0.25, 0.3) is 0 Å². The molecule has 0 aliphatic heterocycles. The lowest BCUT2D eigenvalue weighted by Crippen LogP contribution is -2.36. The van der Waals surface area contributed by atoms with Gasteiger partial charge in [0.2, 0.25) is 0 Å². The Morgan fingerprint density at radius 3 is 1.93 bits per heavy atom. The van der Waals surface area contributed by atoms with Crippen LogP contribution in [0.1, 0.15) is 32.1 Å². The van der Waals surface area contributed by atoms with Gasteiger partial charge in [-0.05, 0) is 12.8 Å². The molecule has 14 heavy (non-hydrogen) atoms. The summed E-state index contributed by atoms with van der Waals surface area (Å²) in [7, 11) is 0. The summed E-state index contributed by atoms with van der Waals surface area (Å²) in [4.78, 5) is 2.49. The van der Waals surface area contributed by atoms with E-state index in [2.05, 4.69) is 18.1 Å². The molecule has 0 spiro atoms. The first-order chi connectivity index (χ1) is 6.38. The fourth-order valence-electron chi connectivity index (χ4n) is 2.15. The van der Waals surface area contributed by atoms with Crippen LogP contribution in [0.15, 0.2) is 25.3 Å². The second-order valence-electron chi connectivity index (χ2n) is 3.82. The Morgan fingerprint density at radius 1 is 1.00 bits per heavy atom. The topological polar surface area (TPSA) is 38.2 Å². The highest BCUT2D eigenvalue weighted by molar-refractivity contribution is 4.85. The minimum atomic E-state index is 0. The Morgan fingerprint density at radius 2 is 1.50 bits per heavy atom. The van der Waals surface area contributed by atoms with Gasteiger partial charge in [0, 0.05) is 19.1 Å². The summed E-state index contributed by atoms with van der Waals surface area (Å²) in [5, 5.41) is 0. The van der Waals surface area contributed by atoms with E-state index < -0.39 is 0 Å². The van der Waals surface area contributed by atoms with Crippen LogP contribution >= 0.6 is 0 Å². The Hall–Kier alpha value is -0.600. The van der Waals surface area contributed by atoms with Gasteiger partial charge in [-0.25, -0.2) is 0 Å². The largest absolute Gasteiger partial charge is 0.344 e. The van der Waals surface area contributed by atoms with Crippen molar-refractivity contribution in [1.29, 1.82) is 0 Å². The third kappa shape index (κ3) is 4.07. The monoisotopic (exact) mass is 196 g/mol. The minimum absolute atomic E-state index is 0. The normalized spacial score (nSPS) is 17.5. The van der Waals surface area contributed by atoms with Gasteiger partial charge < -0.3 is 6.15 Å². The zero-order valence-corrected chi connectivity index (χ0v) is 9.25. The number of nitrogens with zero attached hydrogens (tertiary/aromatic N) is 1. The molecule has 1 aliphatic carbocycles. The van der Waals surface area contributed by atoms with Crippen LogP contribution in [0.4, 0.5) is 0 Å². The summed E-state index contributed by atoms with van der Waals surface area (Å²) in [6.45, 7) is 9.62. The van der Waals surface area contributed by atoms with Crippen LogP contribution in [-0.2, 0) is 0 Å². The summed E-state index contributed by atoms with van der Waals surface area (Å²) in [5.74, 6) is 0. The van der Waals surface area contributed by atoms with E-state index >= 15 is 0 Å². The van der Waals surface area contributed by atoms with E-state index in [1.807, 2.05) is 12.2 Å². The minimum Gasteiger partial charge on any atom is -0.344 e. The summed E-state index contributed by atoms with van der Waals surface area (Å²) in [6.07, 6.45) is 10.9. The van der Waals surface area contributed by atoms with Crippen LogP contribution in [0.3, 0.4) is 0 Å². The van der Waals surface area contributed by atoms with E-state index in [9.17, 15) is 0 Å². The van der Waals surface area contributed by atoms with Gasteiger partial charge in [-0.2, -0.15) is 0 Å². The molecule has 0 radical (unpaired) electrons. The molecule has 0 atom stereocenters. The number of hydrogen-bond acceptors (Lipinski definition) is 2. The van der Waals surface area contributed by atoms with Gasteiger partial charge in [-0.1, -0.05) is 31.4 Å². The molecule has 0 amide bonds. The molecule has 2 heteroatoms. The van der Waals surface area contributed by atoms with Crippen molar-refractivity contribution in [2.45, 2.75) is 38.1 Å². The lowest BCUT2D eigenvalue weighted by Gasteiger charge is -2.32. The summed E-state index contributed by atoms with van der Waals surface area (Å²) in [5.41, 5.74) is 0. The fourth-order valence-corrected chi connectivity index (χ4v) is 2.15. The Bertz CT molecular complexity index is 150. The molecule has 0 saturated heterocycles. The maximum atomic E-state index is 3.80. The summed E-state index contributed by atoms with van der Waals surface area (Å²) >= 11 is 0. The van der Waals surface area contributed by atoms with Crippen molar-refractivity contribution in [3.63, 3.8) is 0 Å². The molecular formula is C12H24N2. The van der Waals surface area contributed by atoms with E-state index in [1.54, 1.807) is 0 Å². The van der Waals surface area contributed by atoms with Crippen molar-refractivity contribution in [2.24, 2.45) is 0 Å². The van der Waals surface area contributed by atoms with Gasteiger partial charge in [-0.3, -0.25) is 4.90 Å². The standard InChI is InChI=1S/C12H21N.H3N/c1-3-10-13(11-4-2)12-8-6-5-7-9-12;/h3-4,12H,1-2,5-11H2;1H3. The molecule has 3 N–H and O–H groups in total. The molecule has 1 rings (SSSR count). The van der Waals surface area contributed by atoms with Crippen LogP contribution in [0, 0.1) is 0 Å². The zero-order valence-electron chi connectivity index (χ0n) is 9.25. The lowest BCUT2D eigenvalue weighted by atomic mass is 9.94. The highest BCUT2D eigenvalue weighted by Crippen LogP contribution is 2.22. The molecule has 0 unspecified atom stereocenters. The fraction of sp³-hybridized carbons (Fsp3) is 0.667. The number of rotatable bonds is 5. The smallest absolute Gasteiger partial charge is 0.0166 e. The average Bonchev–Trinajstić information content (AvgIpc) is 2.19. The van der Waals surface area contributed by atoms with Crippen molar-refractivity contribution in [3.8, 4) is 0 Å². The number of hydrogen-bond donors (Lipinski definition) is 1. The molecular weight excluding hydrogens is 172 g/mol. The predicted octanol–water partition coefficient (Wildman–Crippen LogP) is 3.16.